The quantitative estimate of drug-likeness (QED) is 0.894. The summed E-state index contributed by atoms with van der Waals surface area (Å²) in [6, 6.07) is 12.7. The summed E-state index contributed by atoms with van der Waals surface area (Å²) < 4.78 is 38.6. The topological polar surface area (TPSA) is 73.2 Å². The minimum Gasteiger partial charge on any atom is -0.326 e. The molecule has 2 aromatic carbocycles. The van der Waals surface area contributed by atoms with Crippen molar-refractivity contribution in [2.45, 2.75) is 12.6 Å². The van der Waals surface area contributed by atoms with Gasteiger partial charge in [-0.15, -0.1) is 0 Å². The van der Waals surface area contributed by atoms with E-state index < -0.39 is 29.5 Å². The van der Waals surface area contributed by atoms with Crippen molar-refractivity contribution < 1.29 is 22.8 Å². The molecule has 2 amide bonds. The van der Waals surface area contributed by atoms with Crippen LogP contribution in [-0.2, 0) is 15.8 Å². The first-order valence-corrected chi connectivity index (χ1v) is 8.06. The van der Waals surface area contributed by atoms with Crippen LogP contribution in [0, 0.1) is 17.2 Å². The van der Waals surface area contributed by atoms with Gasteiger partial charge in [0, 0.05) is 24.3 Å². The van der Waals surface area contributed by atoms with Crippen LogP contribution in [0.1, 0.15) is 17.5 Å². The molecule has 0 aliphatic carbocycles. The molecule has 138 valence electrons. The van der Waals surface area contributed by atoms with Crippen molar-refractivity contribution in [3.63, 3.8) is 0 Å². The van der Waals surface area contributed by atoms with Crippen molar-refractivity contribution >= 4 is 23.2 Å². The molecule has 1 fully saturated rings. The Morgan fingerprint density at radius 3 is 2.52 bits per heavy atom. The van der Waals surface area contributed by atoms with Gasteiger partial charge in [-0.3, -0.25) is 9.59 Å². The molecule has 0 radical (unpaired) electrons. The molecule has 1 N–H and O–H groups in total. The average Bonchev–Trinajstić information content (AvgIpc) is 3.04. The number of hydrogen-bond acceptors (Lipinski definition) is 3. The highest BCUT2D eigenvalue weighted by molar-refractivity contribution is 6.03. The fraction of sp³-hybridized carbons (Fsp3) is 0.211. The van der Waals surface area contributed by atoms with Crippen LogP contribution >= 0.6 is 0 Å². The summed E-state index contributed by atoms with van der Waals surface area (Å²) >= 11 is 0. The molecule has 0 unspecified atom stereocenters. The number of nitrogens with one attached hydrogen (secondary N) is 1. The molecule has 1 aliphatic rings. The Labute approximate surface area is 153 Å². The largest absolute Gasteiger partial charge is 0.416 e. The Balaban J connectivity index is 1.71. The Bertz CT molecular complexity index is 917. The number of nitriles is 1. The standard InChI is InChI=1S/C19H14F3N3O2/c20-19(21,22)14-2-1-3-16(9-14)25-11-13(8-17(25)26)18(27)24-15-6-4-12(10-23)5-7-15/h1-7,9,13H,8,11H2,(H,24,27)/t13-/m1/s1. The van der Waals surface area contributed by atoms with E-state index in [9.17, 15) is 22.8 Å². The van der Waals surface area contributed by atoms with Crippen LogP contribution in [0.15, 0.2) is 48.5 Å². The molecule has 27 heavy (non-hydrogen) atoms. The zero-order chi connectivity index (χ0) is 19.6. The molecule has 0 saturated carbocycles. The van der Waals surface area contributed by atoms with E-state index in [-0.39, 0.29) is 18.7 Å². The van der Waals surface area contributed by atoms with E-state index in [1.807, 2.05) is 6.07 Å². The van der Waals surface area contributed by atoms with Crippen LogP contribution in [0.25, 0.3) is 0 Å². The first-order valence-electron chi connectivity index (χ1n) is 8.06. The summed E-state index contributed by atoms with van der Waals surface area (Å²) in [5.74, 6) is -1.49. The second-order valence-corrected chi connectivity index (χ2v) is 6.13. The minimum absolute atomic E-state index is 0.00224. The third kappa shape index (κ3) is 4.08. The number of anilines is 2. The molecule has 1 saturated heterocycles. The third-order valence-electron chi connectivity index (χ3n) is 4.26. The molecule has 8 heteroatoms. The first kappa shape index (κ1) is 18.5. The van der Waals surface area contributed by atoms with Crippen LogP contribution in [0.2, 0.25) is 0 Å². The van der Waals surface area contributed by atoms with Gasteiger partial charge >= 0.3 is 6.18 Å². The number of alkyl halides is 3. The zero-order valence-corrected chi connectivity index (χ0v) is 14.0. The van der Waals surface area contributed by atoms with Gasteiger partial charge in [-0.05, 0) is 42.5 Å². The first-order chi connectivity index (χ1) is 12.8. The molecule has 5 nitrogen and oxygen atoms in total. The Morgan fingerprint density at radius 2 is 1.89 bits per heavy atom. The van der Waals surface area contributed by atoms with Gasteiger partial charge < -0.3 is 10.2 Å². The molecule has 1 heterocycles. The molecule has 0 aromatic heterocycles. The number of benzene rings is 2. The monoisotopic (exact) mass is 373 g/mol. The normalized spacial score (nSPS) is 16.9. The van der Waals surface area contributed by atoms with Gasteiger partial charge in [0.25, 0.3) is 0 Å². The van der Waals surface area contributed by atoms with Crippen molar-refractivity contribution in [3.8, 4) is 6.07 Å². The smallest absolute Gasteiger partial charge is 0.326 e. The highest BCUT2D eigenvalue weighted by Gasteiger charge is 2.36. The lowest BCUT2D eigenvalue weighted by Gasteiger charge is -2.18. The van der Waals surface area contributed by atoms with E-state index in [4.69, 9.17) is 5.26 Å². The summed E-state index contributed by atoms with van der Waals surface area (Å²) in [5.41, 5.74) is 0.186. The van der Waals surface area contributed by atoms with Gasteiger partial charge in [0.05, 0.1) is 23.1 Å². The van der Waals surface area contributed by atoms with E-state index in [0.29, 0.717) is 11.3 Å². The highest BCUT2D eigenvalue weighted by atomic mass is 19.4. The summed E-state index contributed by atoms with van der Waals surface area (Å²) in [6.45, 7) is 0.00224. The molecule has 2 aromatic rings. The van der Waals surface area contributed by atoms with E-state index in [0.717, 1.165) is 12.1 Å². The number of nitrogens with zero attached hydrogens (tertiary/aromatic N) is 2. The number of hydrogen-bond donors (Lipinski definition) is 1. The summed E-state index contributed by atoms with van der Waals surface area (Å²) in [7, 11) is 0. The number of carbonyl (C=O) groups is 2. The molecule has 3 rings (SSSR count). The molecule has 0 spiro atoms. The predicted molar refractivity (Wildman–Crippen MR) is 91.7 cm³/mol. The van der Waals surface area contributed by atoms with Crippen LogP contribution < -0.4 is 10.2 Å². The molecule has 0 bridgehead atoms. The summed E-state index contributed by atoms with van der Waals surface area (Å²) in [6.07, 6.45) is -4.59. The van der Waals surface area contributed by atoms with Crippen molar-refractivity contribution in [1.29, 1.82) is 5.26 Å². The van der Waals surface area contributed by atoms with Crippen molar-refractivity contribution in [1.82, 2.24) is 0 Å². The van der Waals surface area contributed by atoms with E-state index in [2.05, 4.69) is 5.32 Å². The van der Waals surface area contributed by atoms with Crippen molar-refractivity contribution in [3.05, 3.63) is 59.7 Å². The van der Waals surface area contributed by atoms with Crippen LogP contribution in [0.3, 0.4) is 0 Å². The Morgan fingerprint density at radius 1 is 1.19 bits per heavy atom. The second kappa shape index (κ2) is 7.11. The maximum Gasteiger partial charge on any atom is 0.416 e. The lowest BCUT2D eigenvalue weighted by Crippen LogP contribution is -2.28. The lowest BCUT2D eigenvalue weighted by atomic mass is 10.1. The molecule has 1 atom stereocenters. The Hall–Kier alpha value is -3.34. The zero-order valence-electron chi connectivity index (χ0n) is 14.0. The van der Waals surface area contributed by atoms with Crippen LogP contribution in [0.5, 0.6) is 0 Å². The molecular formula is C19H14F3N3O2. The average molecular weight is 373 g/mol. The highest BCUT2D eigenvalue weighted by Crippen LogP contribution is 2.33. The predicted octanol–water partition coefficient (Wildman–Crippen LogP) is 3.57. The molecular weight excluding hydrogens is 359 g/mol. The van der Waals surface area contributed by atoms with Gasteiger partial charge in [0.1, 0.15) is 0 Å². The van der Waals surface area contributed by atoms with Crippen LogP contribution in [0.4, 0.5) is 24.5 Å². The van der Waals surface area contributed by atoms with Gasteiger partial charge in [-0.2, -0.15) is 18.4 Å². The number of halogens is 3. The summed E-state index contributed by atoms with van der Waals surface area (Å²) in [4.78, 5) is 25.8. The fourth-order valence-electron chi connectivity index (χ4n) is 2.86. The van der Waals surface area contributed by atoms with Gasteiger partial charge in [0.15, 0.2) is 0 Å². The number of amides is 2. The van der Waals surface area contributed by atoms with Crippen molar-refractivity contribution in [2.75, 3.05) is 16.8 Å². The lowest BCUT2D eigenvalue weighted by molar-refractivity contribution is -0.137. The fourth-order valence-corrected chi connectivity index (χ4v) is 2.86. The molecule has 1 aliphatic heterocycles. The van der Waals surface area contributed by atoms with E-state index in [1.165, 1.54) is 17.0 Å². The number of carbonyl (C=O) groups excluding carboxylic acids is 2. The van der Waals surface area contributed by atoms with E-state index in [1.54, 1.807) is 24.3 Å². The van der Waals surface area contributed by atoms with Crippen LogP contribution in [-0.4, -0.2) is 18.4 Å². The second-order valence-electron chi connectivity index (χ2n) is 6.13. The SMILES string of the molecule is N#Cc1ccc(NC(=O)[C@@H]2CC(=O)N(c3cccc(C(F)(F)F)c3)C2)cc1. The van der Waals surface area contributed by atoms with E-state index >= 15 is 0 Å². The third-order valence-corrected chi connectivity index (χ3v) is 4.26. The summed E-state index contributed by atoms with van der Waals surface area (Å²) in [5, 5.41) is 11.4. The van der Waals surface area contributed by atoms with Gasteiger partial charge in [0.2, 0.25) is 11.8 Å². The Kier molecular flexibility index (Phi) is 4.86. The van der Waals surface area contributed by atoms with Gasteiger partial charge in [-0.25, -0.2) is 0 Å². The maximum absolute atomic E-state index is 12.9. The minimum atomic E-state index is -4.51. The van der Waals surface area contributed by atoms with Gasteiger partial charge in [-0.1, -0.05) is 6.07 Å². The number of rotatable bonds is 3. The van der Waals surface area contributed by atoms with Crippen molar-refractivity contribution in [2.24, 2.45) is 5.92 Å². The maximum atomic E-state index is 12.9.